The van der Waals surface area contributed by atoms with Crippen molar-refractivity contribution in [3.63, 3.8) is 0 Å². The first-order valence-corrected chi connectivity index (χ1v) is 9.62. The molecule has 1 amide bonds. The maximum Gasteiger partial charge on any atom is 0.356 e. The number of ether oxygens (including phenoxy) is 1. The fourth-order valence-corrected chi connectivity index (χ4v) is 3.27. The molecule has 2 heterocycles. The highest BCUT2D eigenvalue weighted by atomic mass is 35.5. The summed E-state index contributed by atoms with van der Waals surface area (Å²) in [5.41, 5.74) is 0.856. The van der Waals surface area contributed by atoms with Gasteiger partial charge in [0.15, 0.2) is 11.5 Å². The van der Waals surface area contributed by atoms with Crippen molar-refractivity contribution in [2.45, 2.75) is 13.5 Å². The zero-order valence-corrected chi connectivity index (χ0v) is 17.7. The molecule has 1 aromatic carbocycles. The molecule has 2 aromatic heterocycles. The number of hydrogen-bond donors (Lipinski definition) is 1. The highest BCUT2D eigenvalue weighted by molar-refractivity contribution is 6.36. The average Bonchev–Trinajstić information content (AvgIpc) is 3.21. The van der Waals surface area contributed by atoms with Crippen LogP contribution in [0, 0.1) is 0 Å². The van der Waals surface area contributed by atoms with Gasteiger partial charge in [0.05, 0.1) is 13.2 Å². The minimum atomic E-state index is -0.570. The monoisotopic (exact) mass is 455 g/mol. The van der Waals surface area contributed by atoms with Crippen molar-refractivity contribution in [3.05, 3.63) is 62.5 Å². The molecule has 0 saturated heterocycles. The second-order valence-electron chi connectivity index (χ2n) is 5.94. The van der Waals surface area contributed by atoms with Gasteiger partial charge in [-0.1, -0.05) is 40.9 Å². The number of anilines is 1. The van der Waals surface area contributed by atoms with E-state index in [9.17, 15) is 9.59 Å². The first-order chi connectivity index (χ1) is 13.8. The zero-order chi connectivity index (χ0) is 21.1. The predicted octanol–water partition coefficient (Wildman–Crippen LogP) is 4.05. The smallest absolute Gasteiger partial charge is 0.356 e. The van der Waals surface area contributed by atoms with Crippen LogP contribution in [0.2, 0.25) is 15.1 Å². The Morgan fingerprint density at radius 1 is 1.14 bits per heavy atom. The van der Waals surface area contributed by atoms with Crippen molar-refractivity contribution in [1.29, 1.82) is 0 Å². The zero-order valence-electron chi connectivity index (χ0n) is 15.4. The highest BCUT2D eigenvalue weighted by Crippen LogP contribution is 2.27. The number of halogens is 3. The second-order valence-corrected chi connectivity index (χ2v) is 7.16. The average molecular weight is 457 g/mol. The van der Waals surface area contributed by atoms with Crippen molar-refractivity contribution in [1.82, 2.24) is 19.6 Å². The summed E-state index contributed by atoms with van der Waals surface area (Å²) in [7, 11) is 1.54. The van der Waals surface area contributed by atoms with Crippen molar-refractivity contribution in [2.24, 2.45) is 7.05 Å². The number of carbonyl (C=O) groups excluding carboxylic acids is 2. The van der Waals surface area contributed by atoms with E-state index in [1.54, 1.807) is 31.3 Å². The number of nitrogens with zero attached hydrogens (tertiary/aromatic N) is 4. The lowest BCUT2D eigenvalue weighted by atomic mass is 10.2. The summed E-state index contributed by atoms with van der Waals surface area (Å²) in [5.74, 6) is -0.997. The van der Waals surface area contributed by atoms with E-state index < -0.39 is 11.9 Å². The van der Waals surface area contributed by atoms with Crippen LogP contribution in [0.5, 0.6) is 0 Å². The van der Waals surface area contributed by atoms with Crippen molar-refractivity contribution < 1.29 is 14.3 Å². The van der Waals surface area contributed by atoms with Gasteiger partial charge in [-0.05, 0) is 19.1 Å². The minimum absolute atomic E-state index is 0.0234. The molecular formula is C18H16Cl3N5O3. The Bertz CT molecular complexity index is 1060. The number of esters is 1. The number of aryl methyl sites for hydroxylation is 1. The van der Waals surface area contributed by atoms with Crippen LogP contribution in [-0.4, -0.2) is 38.0 Å². The fourth-order valence-electron chi connectivity index (χ4n) is 2.55. The molecule has 0 fully saturated rings. The minimum Gasteiger partial charge on any atom is -0.461 e. The third-order valence-electron chi connectivity index (χ3n) is 3.93. The number of amides is 1. The molecule has 152 valence electrons. The van der Waals surface area contributed by atoms with Gasteiger partial charge < -0.3 is 10.1 Å². The lowest BCUT2D eigenvalue weighted by Gasteiger charge is -2.06. The Morgan fingerprint density at radius 3 is 2.48 bits per heavy atom. The molecule has 0 bridgehead atoms. The van der Waals surface area contributed by atoms with Gasteiger partial charge in [-0.3, -0.25) is 14.2 Å². The van der Waals surface area contributed by atoms with Crippen molar-refractivity contribution in [2.75, 3.05) is 11.9 Å². The van der Waals surface area contributed by atoms with Gasteiger partial charge in [-0.25, -0.2) is 4.79 Å². The fraction of sp³-hybridized carbons (Fsp3) is 0.222. The van der Waals surface area contributed by atoms with Crippen LogP contribution in [-0.2, 0) is 18.3 Å². The molecule has 3 aromatic rings. The Kier molecular flexibility index (Phi) is 6.46. The molecule has 0 radical (unpaired) electrons. The lowest BCUT2D eigenvalue weighted by Crippen LogP contribution is -2.14. The van der Waals surface area contributed by atoms with Crippen LogP contribution < -0.4 is 5.32 Å². The molecule has 29 heavy (non-hydrogen) atoms. The quantitative estimate of drug-likeness (QED) is 0.565. The van der Waals surface area contributed by atoms with Gasteiger partial charge in [0.1, 0.15) is 10.7 Å². The molecular weight excluding hydrogens is 441 g/mol. The SMILES string of the molecule is CCOC(=O)c1cc(C(=O)Nc2nn(Cc3c(Cl)cccc3Cl)cc2Cl)nn1C. The Labute approximate surface area is 181 Å². The summed E-state index contributed by atoms with van der Waals surface area (Å²) >= 11 is 18.5. The second kappa shape index (κ2) is 8.86. The third-order valence-corrected chi connectivity index (χ3v) is 4.91. The molecule has 8 nitrogen and oxygen atoms in total. The Hall–Kier alpha value is -2.55. The number of rotatable bonds is 6. The molecule has 0 aliphatic heterocycles. The maximum absolute atomic E-state index is 12.5. The van der Waals surface area contributed by atoms with Crippen molar-refractivity contribution >= 4 is 52.5 Å². The molecule has 0 unspecified atom stereocenters. The van der Waals surface area contributed by atoms with Gasteiger partial charge in [0, 0.05) is 34.9 Å². The number of carbonyl (C=O) groups is 2. The number of nitrogens with one attached hydrogen (secondary N) is 1. The molecule has 0 aliphatic rings. The molecule has 11 heteroatoms. The summed E-state index contributed by atoms with van der Waals surface area (Å²) in [6.07, 6.45) is 1.54. The van der Waals surface area contributed by atoms with Crippen LogP contribution in [0.25, 0.3) is 0 Å². The van der Waals surface area contributed by atoms with Crippen LogP contribution in [0.3, 0.4) is 0 Å². The third kappa shape index (κ3) is 4.72. The van der Waals surface area contributed by atoms with Gasteiger partial charge >= 0.3 is 5.97 Å². The van der Waals surface area contributed by atoms with Gasteiger partial charge in [0.2, 0.25) is 0 Å². The van der Waals surface area contributed by atoms with E-state index in [2.05, 4.69) is 15.5 Å². The molecule has 1 N–H and O–H groups in total. The van der Waals surface area contributed by atoms with Crippen LogP contribution in [0.15, 0.2) is 30.5 Å². The van der Waals surface area contributed by atoms with Crippen molar-refractivity contribution in [3.8, 4) is 0 Å². The predicted molar refractivity (Wildman–Crippen MR) is 110 cm³/mol. The molecule has 0 spiro atoms. The summed E-state index contributed by atoms with van der Waals surface area (Å²) in [5, 5.41) is 12.1. The molecule has 0 atom stereocenters. The van der Waals surface area contributed by atoms with Gasteiger partial charge in [-0.2, -0.15) is 10.2 Å². The molecule has 0 aliphatic carbocycles. The normalized spacial score (nSPS) is 10.8. The molecule has 3 rings (SSSR count). The number of hydrogen-bond acceptors (Lipinski definition) is 5. The first kappa shape index (κ1) is 21.2. The van der Waals surface area contributed by atoms with Crippen LogP contribution in [0.1, 0.15) is 33.5 Å². The highest BCUT2D eigenvalue weighted by Gasteiger charge is 2.20. The van der Waals surface area contributed by atoms with Gasteiger partial charge in [0.25, 0.3) is 5.91 Å². The van der Waals surface area contributed by atoms with E-state index in [0.29, 0.717) is 15.6 Å². The summed E-state index contributed by atoms with van der Waals surface area (Å²) < 4.78 is 7.71. The summed E-state index contributed by atoms with van der Waals surface area (Å²) in [4.78, 5) is 24.4. The van der Waals surface area contributed by atoms with Gasteiger partial charge in [-0.15, -0.1) is 0 Å². The van der Waals surface area contributed by atoms with E-state index in [-0.39, 0.29) is 35.4 Å². The van der Waals surface area contributed by atoms with E-state index in [4.69, 9.17) is 39.5 Å². The van der Waals surface area contributed by atoms with E-state index in [1.807, 2.05) is 0 Å². The topological polar surface area (TPSA) is 91.0 Å². The maximum atomic E-state index is 12.5. The number of aromatic nitrogens is 4. The first-order valence-electron chi connectivity index (χ1n) is 8.48. The lowest BCUT2D eigenvalue weighted by molar-refractivity contribution is 0.0513. The van der Waals surface area contributed by atoms with E-state index in [0.717, 1.165) is 0 Å². The van der Waals surface area contributed by atoms with Crippen LogP contribution >= 0.6 is 34.8 Å². The van der Waals surface area contributed by atoms with Crippen LogP contribution in [0.4, 0.5) is 5.82 Å². The molecule has 0 saturated carbocycles. The standard InChI is InChI=1S/C18H16Cl3N5O3/c1-3-29-18(28)15-7-14(23-25(15)2)17(27)22-16-13(21)9-26(24-16)8-10-11(19)5-4-6-12(10)20/h4-7,9H,3,8H2,1-2H3,(H,22,24,27). The summed E-state index contributed by atoms with van der Waals surface area (Å²) in [6, 6.07) is 6.52. The van der Waals surface area contributed by atoms with E-state index >= 15 is 0 Å². The largest absolute Gasteiger partial charge is 0.461 e. The Morgan fingerprint density at radius 2 is 1.83 bits per heavy atom. The Balaban J connectivity index is 1.77. The number of benzene rings is 1. The van der Waals surface area contributed by atoms with E-state index in [1.165, 1.54) is 22.5 Å². The summed E-state index contributed by atoms with van der Waals surface area (Å²) in [6.45, 7) is 2.18.